The standard InChI is InChI=1S/C24H30O4S2Si/c1-6-18-24(19-17-21(2)20-31(3,4)5,29(25,26)22-13-9-7-10-14-22)30(27,28)23-15-11-8-12-16-23/h1,7-17H,18-20H2,2-5H3/b21-17-. The van der Waals surface area contributed by atoms with Gasteiger partial charge in [-0.3, -0.25) is 0 Å². The lowest BCUT2D eigenvalue weighted by Crippen LogP contribution is -2.46. The molecule has 0 aliphatic heterocycles. The first-order chi connectivity index (χ1) is 14.4. The third kappa shape index (κ3) is 5.38. The van der Waals surface area contributed by atoms with E-state index in [-0.39, 0.29) is 16.2 Å². The highest BCUT2D eigenvalue weighted by Gasteiger charge is 2.55. The van der Waals surface area contributed by atoms with Crippen molar-refractivity contribution in [1.82, 2.24) is 0 Å². The van der Waals surface area contributed by atoms with Crippen LogP contribution in [0.1, 0.15) is 19.8 Å². The Kier molecular flexibility index (Phi) is 7.74. The molecule has 0 saturated heterocycles. The first kappa shape index (κ1) is 25.1. The van der Waals surface area contributed by atoms with Gasteiger partial charge in [0.25, 0.3) is 0 Å². The molecular weight excluding hydrogens is 444 g/mol. The van der Waals surface area contributed by atoms with E-state index in [1.165, 1.54) is 24.3 Å². The third-order valence-electron chi connectivity index (χ3n) is 5.03. The van der Waals surface area contributed by atoms with E-state index in [0.717, 1.165) is 11.6 Å². The molecular formula is C24H30O4S2Si. The van der Waals surface area contributed by atoms with Crippen LogP contribution in [0.5, 0.6) is 0 Å². The van der Waals surface area contributed by atoms with Crippen LogP contribution in [0.25, 0.3) is 0 Å². The Morgan fingerprint density at radius 1 is 0.903 bits per heavy atom. The molecule has 2 aromatic carbocycles. The maximum atomic E-state index is 13.9. The third-order valence-corrected chi connectivity index (χ3v) is 12.3. The highest BCUT2D eigenvalue weighted by molar-refractivity contribution is 8.10. The minimum Gasteiger partial charge on any atom is -0.222 e. The molecule has 0 N–H and O–H groups in total. The molecule has 31 heavy (non-hydrogen) atoms. The van der Waals surface area contributed by atoms with E-state index >= 15 is 0 Å². The number of hydrogen-bond donors (Lipinski definition) is 0. The molecule has 2 rings (SSSR count). The fraction of sp³-hybridized carbons (Fsp3) is 0.333. The van der Waals surface area contributed by atoms with Crippen LogP contribution < -0.4 is 0 Å². The van der Waals surface area contributed by atoms with Crippen molar-refractivity contribution in [3.63, 3.8) is 0 Å². The van der Waals surface area contributed by atoms with Gasteiger partial charge in [0.15, 0.2) is 23.8 Å². The normalized spacial score (nSPS) is 13.6. The molecule has 0 fully saturated rings. The molecule has 0 radical (unpaired) electrons. The highest BCUT2D eigenvalue weighted by atomic mass is 32.3. The Hall–Kier alpha value is -2.14. The summed E-state index contributed by atoms with van der Waals surface area (Å²) in [6, 6.07) is 16.2. The van der Waals surface area contributed by atoms with Gasteiger partial charge in [0.2, 0.25) is 0 Å². The van der Waals surface area contributed by atoms with Gasteiger partial charge in [-0.2, -0.15) is 0 Å². The summed E-state index contributed by atoms with van der Waals surface area (Å²) in [6.45, 7) is 8.55. The lowest BCUT2D eigenvalue weighted by atomic mass is 10.2. The van der Waals surface area contributed by atoms with Crippen LogP contribution in [-0.2, 0) is 19.7 Å². The van der Waals surface area contributed by atoms with Crippen molar-refractivity contribution >= 4 is 27.7 Å². The molecule has 7 heteroatoms. The van der Waals surface area contributed by atoms with Gasteiger partial charge in [-0.25, -0.2) is 16.8 Å². The summed E-state index contributed by atoms with van der Waals surface area (Å²) >= 11 is 0. The SMILES string of the molecule is C#CCC(C/C=C(/C)C[Si](C)(C)C)(S(=O)(=O)c1ccccc1)S(=O)(=O)c1ccccc1. The van der Waals surface area contributed by atoms with Crippen LogP contribution in [-0.4, -0.2) is 29.0 Å². The number of allylic oxidation sites excluding steroid dienone is 2. The van der Waals surface area contributed by atoms with E-state index in [4.69, 9.17) is 6.42 Å². The van der Waals surface area contributed by atoms with Gasteiger partial charge in [0, 0.05) is 20.9 Å². The summed E-state index contributed by atoms with van der Waals surface area (Å²) in [7, 11) is -10.1. The van der Waals surface area contributed by atoms with E-state index in [0.29, 0.717) is 0 Å². The van der Waals surface area contributed by atoms with Crippen LogP contribution in [0.3, 0.4) is 0 Å². The Balaban J connectivity index is 2.79. The Labute approximate surface area is 188 Å². The van der Waals surface area contributed by atoms with E-state index in [2.05, 4.69) is 25.6 Å². The lowest BCUT2D eigenvalue weighted by molar-refractivity contribution is 0.538. The van der Waals surface area contributed by atoms with E-state index in [1.807, 2.05) is 6.92 Å². The quantitative estimate of drug-likeness (QED) is 0.280. The second kappa shape index (κ2) is 9.56. The van der Waals surface area contributed by atoms with Gasteiger partial charge in [-0.15, -0.1) is 12.3 Å². The zero-order valence-corrected chi connectivity index (χ0v) is 21.1. The summed E-state index contributed by atoms with van der Waals surface area (Å²) in [5.74, 6) is 2.35. The van der Waals surface area contributed by atoms with Crippen molar-refractivity contribution in [2.45, 2.75) is 59.3 Å². The van der Waals surface area contributed by atoms with Gasteiger partial charge >= 0.3 is 0 Å². The molecule has 2 aromatic rings. The summed E-state index contributed by atoms with van der Waals surface area (Å²) in [5.41, 5.74) is 0.979. The zero-order valence-electron chi connectivity index (χ0n) is 18.5. The topological polar surface area (TPSA) is 68.3 Å². The van der Waals surface area contributed by atoms with Crippen molar-refractivity contribution in [3.8, 4) is 12.3 Å². The molecule has 4 nitrogen and oxygen atoms in total. The predicted octanol–water partition coefficient (Wildman–Crippen LogP) is 5.33. The molecule has 0 unspecified atom stereocenters. The highest BCUT2D eigenvalue weighted by Crippen LogP contribution is 2.41. The number of rotatable bonds is 9. The fourth-order valence-corrected chi connectivity index (χ4v) is 10.2. The second-order valence-corrected chi connectivity index (χ2v) is 19.2. The molecule has 0 aliphatic rings. The number of terminal acetylenes is 1. The number of benzene rings is 2. The first-order valence-corrected chi connectivity index (χ1v) is 16.7. The van der Waals surface area contributed by atoms with Gasteiger partial charge in [0.05, 0.1) is 9.79 Å². The van der Waals surface area contributed by atoms with Crippen molar-refractivity contribution < 1.29 is 16.8 Å². The zero-order chi connectivity index (χ0) is 23.3. The van der Waals surface area contributed by atoms with Gasteiger partial charge < -0.3 is 0 Å². The lowest BCUT2D eigenvalue weighted by Gasteiger charge is -2.31. The first-order valence-electron chi connectivity index (χ1n) is 10.1. The Bertz CT molecular complexity index is 1100. The Morgan fingerprint density at radius 2 is 1.32 bits per heavy atom. The van der Waals surface area contributed by atoms with E-state index in [9.17, 15) is 16.8 Å². The Morgan fingerprint density at radius 3 is 1.68 bits per heavy atom. The molecule has 0 saturated carbocycles. The van der Waals surface area contributed by atoms with Crippen molar-refractivity contribution in [2.24, 2.45) is 0 Å². The summed E-state index contributed by atoms with van der Waals surface area (Å²) in [5, 5.41) is 0. The summed E-state index contributed by atoms with van der Waals surface area (Å²) < 4.78 is 53.3. The van der Waals surface area contributed by atoms with E-state index < -0.39 is 38.2 Å². The smallest absolute Gasteiger partial charge is 0.200 e. The number of hydrogen-bond acceptors (Lipinski definition) is 4. The van der Waals surface area contributed by atoms with Gasteiger partial charge in [-0.05, 0) is 37.2 Å². The average Bonchev–Trinajstić information content (AvgIpc) is 2.70. The molecule has 0 spiro atoms. The van der Waals surface area contributed by atoms with Crippen molar-refractivity contribution in [1.29, 1.82) is 0 Å². The van der Waals surface area contributed by atoms with E-state index in [1.54, 1.807) is 42.5 Å². The molecule has 0 bridgehead atoms. The summed E-state index contributed by atoms with van der Waals surface area (Å²) in [4.78, 5) is -0.109. The molecule has 0 heterocycles. The number of sulfone groups is 2. The second-order valence-electron chi connectivity index (χ2n) is 8.92. The monoisotopic (exact) mass is 474 g/mol. The average molecular weight is 475 g/mol. The van der Waals surface area contributed by atoms with Crippen molar-refractivity contribution in [3.05, 3.63) is 72.3 Å². The van der Waals surface area contributed by atoms with Crippen LogP contribution in [0.15, 0.2) is 82.1 Å². The van der Waals surface area contributed by atoms with Gasteiger partial charge in [0.1, 0.15) is 0 Å². The summed E-state index contributed by atoms with van der Waals surface area (Å²) in [6.07, 6.45) is 6.67. The molecule has 0 aromatic heterocycles. The van der Waals surface area contributed by atoms with Crippen LogP contribution in [0, 0.1) is 12.3 Å². The maximum Gasteiger partial charge on any atom is 0.200 e. The predicted molar refractivity (Wildman–Crippen MR) is 130 cm³/mol. The molecule has 166 valence electrons. The van der Waals surface area contributed by atoms with Crippen LogP contribution in [0.2, 0.25) is 25.7 Å². The molecule has 0 aliphatic carbocycles. The van der Waals surface area contributed by atoms with Crippen molar-refractivity contribution in [2.75, 3.05) is 0 Å². The van der Waals surface area contributed by atoms with Crippen LogP contribution >= 0.6 is 0 Å². The largest absolute Gasteiger partial charge is 0.222 e. The minimum absolute atomic E-state index is 0.0546. The van der Waals surface area contributed by atoms with Crippen LogP contribution in [0.4, 0.5) is 0 Å². The fourth-order valence-electron chi connectivity index (χ4n) is 3.65. The molecule has 0 atom stereocenters. The van der Waals surface area contributed by atoms with Gasteiger partial charge in [-0.1, -0.05) is 67.7 Å². The minimum atomic E-state index is -4.33. The maximum absolute atomic E-state index is 13.9. The molecule has 0 amide bonds.